The number of rotatable bonds is 2. The van der Waals surface area contributed by atoms with Crippen LogP contribution in [0.1, 0.15) is 33.3 Å². The predicted molar refractivity (Wildman–Crippen MR) is 121 cm³/mol. The van der Waals surface area contributed by atoms with E-state index in [1.54, 1.807) is 6.20 Å². The minimum absolute atomic E-state index is 0.00805. The van der Waals surface area contributed by atoms with E-state index in [-0.39, 0.29) is 17.5 Å². The molecule has 1 atom stereocenters. The third-order valence-electron chi connectivity index (χ3n) is 5.50. The van der Waals surface area contributed by atoms with E-state index in [0.29, 0.717) is 30.6 Å². The van der Waals surface area contributed by atoms with Gasteiger partial charge in [-0.25, -0.2) is 14.8 Å². The first-order valence-electron chi connectivity index (χ1n) is 10.2. The maximum atomic E-state index is 12.9. The van der Waals surface area contributed by atoms with Gasteiger partial charge in [0, 0.05) is 31.9 Å². The van der Waals surface area contributed by atoms with E-state index in [4.69, 9.17) is 11.6 Å². The van der Waals surface area contributed by atoms with Gasteiger partial charge in [0.15, 0.2) is 0 Å². The molecule has 0 spiro atoms. The number of carbonyl (C=O) groups excluding carboxylic acids is 1. The summed E-state index contributed by atoms with van der Waals surface area (Å²) in [7, 11) is 0. The van der Waals surface area contributed by atoms with Gasteiger partial charge >= 0.3 is 6.03 Å². The summed E-state index contributed by atoms with van der Waals surface area (Å²) < 4.78 is 0. The first-order chi connectivity index (χ1) is 14.2. The van der Waals surface area contributed by atoms with Crippen LogP contribution in [0.2, 0.25) is 5.02 Å². The number of nitrogens with one attached hydrogen (secondary N) is 2. The molecule has 158 valence electrons. The maximum absolute atomic E-state index is 12.9. The molecule has 0 saturated carbocycles. The largest absolute Gasteiger partial charge is 0.352 e. The number of urea groups is 1. The van der Waals surface area contributed by atoms with Crippen LogP contribution in [0, 0.1) is 0 Å². The average Bonchev–Trinajstić information content (AvgIpc) is 3.08. The molecule has 1 fully saturated rings. The van der Waals surface area contributed by atoms with Crippen molar-refractivity contribution in [3.8, 4) is 0 Å². The number of pyridine rings is 1. The number of hydrogen-bond donors (Lipinski definition) is 2. The van der Waals surface area contributed by atoms with Crippen molar-refractivity contribution in [2.45, 2.75) is 39.2 Å². The van der Waals surface area contributed by atoms with Gasteiger partial charge in [0.2, 0.25) is 5.95 Å². The van der Waals surface area contributed by atoms with E-state index in [1.807, 2.05) is 30.0 Å². The average molecular weight is 427 g/mol. The Morgan fingerprint density at radius 1 is 1.27 bits per heavy atom. The molecule has 0 radical (unpaired) electrons. The summed E-state index contributed by atoms with van der Waals surface area (Å²) in [6, 6.07) is 9.66. The summed E-state index contributed by atoms with van der Waals surface area (Å²) >= 11 is 6.28. The number of H-pyrrole nitrogens is 1. The molecule has 1 aromatic carbocycles. The van der Waals surface area contributed by atoms with Crippen molar-refractivity contribution in [1.29, 1.82) is 0 Å². The smallest absolute Gasteiger partial charge is 0.324 e. The standard InChI is InChI=1S/C22H27ClN6O/c1-14-13-28(19-16(23)6-5-9-24-19)10-11-29(14)21(30)27-20-25-17-8-7-15(22(2,3)4)12-18(17)26-20/h5-9,12,14H,10-11,13H2,1-4H3,(H2,25,26,27,30)/t14-/m0/s1. The second-order valence-corrected chi connectivity index (χ2v) is 9.20. The molecule has 1 aliphatic heterocycles. The topological polar surface area (TPSA) is 77.2 Å². The van der Waals surface area contributed by atoms with E-state index in [9.17, 15) is 4.79 Å². The molecular weight excluding hydrogens is 400 g/mol. The van der Waals surface area contributed by atoms with E-state index in [0.717, 1.165) is 16.9 Å². The van der Waals surface area contributed by atoms with Gasteiger partial charge in [-0.1, -0.05) is 38.4 Å². The number of imidazole rings is 1. The molecule has 2 aromatic heterocycles. The second kappa shape index (κ2) is 7.80. The Morgan fingerprint density at radius 3 is 2.77 bits per heavy atom. The number of aromatic amines is 1. The summed E-state index contributed by atoms with van der Waals surface area (Å²) in [5.41, 5.74) is 3.02. The van der Waals surface area contributed by atoms with Crippen LogP contribution in [0.25, 0.3) is 11.0 Å². The molecule has 0 unspecified atom stereocenters. The number of halogens is 1. The molecule has 0 bridgehead atoms. The summed E-state index contributed by atoms with van der Waals surface area (Å²) in [5, 5.41) is 3.54. The Kier molecular flexibility index (Phi) is 5.32. The molecule has 1 saturated heterocycles. The minimum Gasteiger partial charge on any atom is -0.352 e. The Labute approximate surface area is 181 Å². The van der Waals surface area contributed by atoms with Crippen molar-refractivity contribution in [1.82, 2.24) is 19.9 Å². The lowest BCUT2D eigenvalue weighted by Crippen LogP contribution is -2.55. The van der Waals surface area contributed by atoms with E-state index < -0.39 is 0 Å². The van der Waals surface area contributed by atoms with E-state index >= 15 is 0 Å². The number of anilines is 2. The van der Waals surface area contributed by atoms with Crippen molar-refractivity contribution in [2.75, 3.05) is 29.9 Å². The van der Waals surface area contributed by atoms with Crippen molar-refractivity contribution < 1.29 is 4.79 Å². The highest BCUT2D eigenvalue weighted by Gasteiger charge is 2.29. The minimum atomic E-state index is -0.163. The van der Waals surface area contributed by atoms with Gasteiger partial charge < -0.3 is 14.8 Å². The van der Waals surface area contributed by atoms with Gasteiger partial charge in [0.1, 0.15) is 5.82 Å². The summed E-state index contributed by atoms with van der Waals surface area (Å²) in [6.07, 6.45) is 1.73. The van der Waals surface area contributed by atoms with Crippen molar-refractivity contribution in [3.05, 3.63) is 47.1 Å². The fourth-order valence-electron chi connectivity index (χ4n) is 3.77. The van der Waals surface area contributed by atoms with Gasteiger partial charge in [-0.05, 0) is 42.2 Å². The molecule has 4 rings (SSSR count). The van der Waals surface area contributed by atoms with Crippen LogP contribution in [-0.4, -0.2) is 51.6 Å². The number of benzene rings is 1. The first-order valence-corrected chi connectivity index (χ1v) is 10.5. The molecule has 0 aliphatic carbocycles. The number of nitrogens with zero attached hydrogens (tertiary/aromatic N) is 4. The molecule has 3 heterocycles. The van der Waals surface area contributed by atoms with Gasteiger partial charge in [-0.3, -0.25) is 5.32 Å². The van der Waals surface area contributed by atoms with Crippen molar-refractivity contribution in [2.24, 2.45) is 0 Å². The lowest BCUT2D eigenvalue weighted by molar-refractivity contribution is 0.184. The lowest BCUT2D eigenvalue weighted by Gasteiger charge is -2.40. The summed E-state index contributed by atoms with van der Waals surface area (Å²) in [4.78, 5) is 29.0. The number of fused-ring (bicyclic) bond motifs is 1. The van der Waals surface area contributed by atoms with Crippen LogP contribution >= 0.6 is 11.6 Å². The summed E-state index contributed by atoms with van der Waals surface area (Å²) in [5.74, 6) is 1.22. The fraction of sp³-hybridized carbons (Fsp3) is 0.409. The van der Waals surface area contributed by atoms with Crippen LogP contribution in [0.3, 0.4) is 0 Å². The molecular formula is C22H27ClN6O. The van der Waals surface area contributed by atoms with Crippen LogP contribution in [0.4, 0.5) is 16.6 Å². The third-order valence-corrected chi connectivity index (χ3v) is 5.80. The highest BCUT2D eigenvalue weighted by molar-refractivity contribution is 6.32. The zero-order valence-corrected chi connectivity index (χ0v) is 18.5. The van der Waals surface area contributed by atoms with Gasteiger partial charge in [-0.15, -0.1) is 0 Å². The fourth-order valence-corrected chi connectivity index (χ4v) is 4.01. The van der Waals surface area contributed by atoms with E-state index in [2.05, 4.69) is 58.1 Å². The van der Waals surface area contributed by atoms with E-state index in [1.165, 1.54) is 5.56 Å². The van der Waals surface area contributed by atoms with Crippen LogP contribution < -0.4 is 10.2 Å². The normalized spacial score (nSPS) is 17.4. The number of piperazine rings is 1. The second-order valence-electron chi connectivity index (χ2n) is 8.79. The number of amides is 2. The molecule has 7 nitrogen and oxygen atoms in total. The lowest BCUT2D eigenvalue weighted by atomic mass is 9.87. The zero-order valence-electron chi connectivity index (χ0n) is 17.7. The van der Waals surface area contributed by atoms with Crippen LogP contribution in [0.15, 0.2) is 36.5 Å². The van der Waals surface area contributed by atoms with Crippen LogP contribution in [-0.2, 0) is 5.41 Å². The van der Waals surface area contributed by atoms with Crippen molar-refractivity contribution in [3.63, 3.8) is 0 Å². The SMILES string of the molecule is C[C@H]1CN(c2ncccc2Cl)CCN1C(=O)Nc1nc2ccc(C(C)(C)C)cc2[nH]1. The van der Waals surface area contributed by atoms with Gasteiger partial charge in [0.05, 0.1) is 16.1 Å². The molecule has 1 aliphatic rings. The highest BCUT2D eigenvalue weighted by Crippen LogP contribution is 2.27. The molecule has 30 heavy (non-hydrogen) atoms. The Morgan fingerprint density at radius 2 is 2.07 bits per heavy atom. The predicted octanol–water partition coefficient (Wildman–Crippen LogP) is 4.65. The number of aromatic nitrogens is 3. The van der Waals surface area contributed by atoms with Crippen LogP contribution in [0.5, 0.6) is 0 Å². The number of carbonyl (C=O) groups is 1. The molecule has 2 amide bonds. The Balaban J connectivity index is 1.45. The highest BCUT2D eigenvalue weighted by atomic mass is 35.5. The Hall–Kier alpha value is -2.80. The number of hydrogen-bond acceptors (Lipinski definition) is 4. The van der Waals surface area contributed by atoms with Gasteiger partial charge in [0.25, 0.3) is 0 Å². The van der Waals surface area contributed by atoms with Gasteiger partial charge in [-0.2, -0.15) is 0 Å². The zero-order chi connectivity index (χ0) is 21.5. The molecule has 3 aromatic rings. The third kappa shape index (κ3) is 4.07. The molecule has 2 N–H and O–H groups in total. The van der Waals surface area contributed by atoms with Crippen molar-refractivity contribution >= 4 is 40.4 Å². The molecule has 8 heteroatoms. The Bertz CT molecular complexity index is 1070. The first kappa shape index (κ1) is 20.5. The maximum Gasteiger partial charge on any atom is 0.324 e. The monoisotopic (exact) mass is 426 g/mol. The quantitative estimate of drug-likeness (QED) is 0.625. The summed E-state index contributed by atoms with van der Waals surface area (Å²) in [6.45, 7) is 10.5.